The highest BCUT2D eigenvalue weighted by Gasteiger charge is 2.25. The Kier molecular flexibility index (Phi) is 6.92. The first-order valence-corrected chi connectivity index (χ1v) is 11.5. The van der Waals surface area contributed by atoms with E-state index in [1.54, 1.807) is 18.2 Å². The summed E-state index contributed by atoms with van der Waals surface area (Å²) in [5.41, 5.74) is 3.04. The zero-order valence-electron chi connectivity index (χ0n) is 16.6. The van der Waals surface area contributed by atoms with Crippen LogP contribution in [-0.4, -0.2) is 32.6 Å². The van der Waals surface area contributed by atoms with Gasteiger partial charge in [0.15, 0.2) is 0 Å². The SMILES string of the molecule is CCCCOc1ccc(S(=O)(=O)NCC(C(=O)O)c2ccc3c(c2)CCC3)cc1. The molecule has 1 unspecified atom stereocenters. The van der Waals surface area contributed by atoms with Crippen molar-refractivity contribution >= 4 is 16.0 Å². The van der Waals surface area contributed by atoms with Crippen molar-refractivity contribution in [2.75, 3.05) is 13.2 Å². The van der Waals surface area contributed by atoms with Gasteiger partial charge in [0, 0.05) is 6.54 Å². The molecule has 156 valence electrons. The third kappa shape index (κ3) is 5.36. The van der Waals surface area contributed by atoms with Gasteiger partial charge in [0.05, 0.1) is 17.4 Å². The molecule has 0 aliphatic heterocycles. The number of unbranched alkanes of at least 4 members (excludes halogenated alkanes) is 1. The van der Waals surface area contributed by atoms with Gasteiger partial charge in [0.25, 0.3) is 0 Å². The molecule has 1 aliphatic carbocycles. The average molecular weight is 418 g/mol. The number of carbonyl (C=O) groups is 1. The molecule has 1 atom stereocenters. The van der Waals surface area contributed by atoms with Crippen LogP contribution in [0, 0.1) is 0 Å². The maximum atomic E-state index is 12.6. The Labute approximate surface area is 172 Å². The molecule has 0 heterocycles. The highest BCUT2D eigenvalue weighted by Crippen LogP contribution is 2.26. The second-order valence-electron chi connectivity index (χ2n) is 7.30. The van der Waals surface area contributed by atoms with Crippen molar-refractivity contribution in [1.82, 2.24) is 4.72 Å². The normalized spacial score (nSPS) is 14.4. The lowest BCUT2D eigenvalue weighted by molar-refractivity contribution is -0.138. The van der Waals surface area contributed by atoms with E-state index < -0.39 is 21.9 Å². The van der Waals surface area contributed by atoms with Gasteiger partial charge in [-0.25, -0.2) is 13.1 Å². The number of rotatable bonds is 10. The quantitative estimate of drug-likeness (QED) is 0.577. The molecule has 2 N–H and O–H groups in total. The Morgan fingerprint density at radius 2 is 1.86 bits per heavy atom. The van der Waals surface area contributed by atoms with Gasteiger partial charge in [-0.3, -0.25) is 4.79 Å². The Hall–Kier alpha value is -2.38. The Bertz CT molecular complexity index is 954. The fraction of sp³-hybridized carbons (Fsp3) is 0.409. The van der Waals surface area contributed by atoms with Crippen molar-refractivity contribution in [2.45, 2.75) is 49.8 Å². The lowest BCUT2D eigenvalue weighted by Gasteiger charge is -2.15. The molecule has 0 radical (unpaired) electrons. The number of fused-ring (bicyclic) bond motifs is 1. The van der Waals surface area contributed by atoms with Gasteiger partial charge < -0.3 is 9.84 Å². The fourth-order valence-corrected chi connectivity index (χ4v) is 4.53. The first-order valence-electron chi connectivity index (χ1n) is 9.97. The van der Waals surface area contributed by atoms with Crippen molar-refractivity contribution in [2.24, 2.45) is 0 Å². The van der Waals surface area contributed by atoms with E-state index in [9.17, 15) is 18.3 Å². The third-order valence-electron chi connectivity index (χ3n) is 5.20. The second kappa shape index (κ2) is 9.41. The highest BCUT2D eigenvalue weighted by atomic mass is 32.2. The van der Waals surface area contributed by atoms with E-state index in [1.165, 1.54) is 17.7 Å². The van der Waals surface area contributed by atoms with Crippen LogP contribution in [-0.2, 0) is 27.7 Å². The number of carboxylic acids is 1. The number of carboxylic acid groups (broad SMARTS) is 1. The van der Waals surface area contributed by atoms with E-state index in [4.69, 9.17) is 4.74 Å². The molecule has 0 fully saturated rings. The molecule has 29 heavy (non-hydrogen) atoms. The largest absolute Gasteiger partial charge is 0.494 e. The van der Waals surface area contributed by atoms with Gasteiger partial charge in [-0.05, 0) is 66.6 Å². The standard InChI is InChI=1S/C22H27NO5S/c1-2-3-13-28-19-9-11-20(12-10-19)29(26,27)23-15-21(22(24)25)18-8-7-16-5-4-6-17(16)14-18/h7-12,14,21,23H,2-6,13,15H2,1H3,(H,24,25). The fourth-order valence-electron chi connectivity index (χ4n) is 3.48. The number of benzene rings is 2. The van der Waals surface area contributed by atoms with E-state index in [2.05, 4.69) is 11.6 Å². The molecule has 0 aromatic heterocycles. The van der Waals surface area contributed by atoms with Gasteiger partial charge in [-0.15, -0.1) is 0 Å². The van der Waals surface area contributed by atoms with Crippen LogP contribution in [0.2, 0.25) is 0 Å². The monoisotopic (exact) mass is 417 g/mol. The summed E-state index contributed by atoms with van der Waals surface area (Å²) in [6.45, 7) is 2.45. The van der Waals surface area contributed by atoms with E-state index in [-0.39, 0.29) is 11.4 Å². The first kappa shape index (κ1) is 21.3. The molecule has 2 aromatic carbocycles. The first-order chi connectivity index (χ1) is 13.9. The number of aryl methyl sites for hydroxylation is 2. The zero-order valence-corrected chi connectivity index (χ0v) is 17.4. The second-order valence-corrected chi connectivity index (χ2v) is 9.06. The molecule has 0 saturated heterocycles. The number of ether oxygens (including phenoxy) is 1. The number of hydrogen-bond donors (Lipinski definition) is 2. The summed E-state index contributed by atoms with van der Waals surface area (Å²) in [7, 11) is -3.82. The van der Waals surface area contributed by atoms with Gasteiger partial charge in [0.1, 0.15) is 5.75 Å². The molecule has 3 rings (SSSR count). The van der Waals surface area contributed by atoms with Crippen molar-refractivity contribution in [3.05, 3.63) is 59.2 Å². The Morgan fingerprint density at radius 1 is 1.14 bits per heavy atom. The number of nitrogens with one attached hydrogen (secondary N) is 1. The van der Waals surface area contributed by atoms with E-state index in [0.29, 0.717) is 17.9 Å². The molecule has 7 heteroatoms. The molecule has 2 aromatic rings. The maximum Gasteiger partial charge on any atom is 0.312 e. The van der Waals surface area contributed by atoms with Crippen LogP contribution < -0.4 is 9.46 Å². The number of hydrogen-bond acceptors (Lipinski definition) is 4. The Balaban J connectivity index is 1.68. The highest BCUT2D eigenvalue weighted by molar-refractivity contribution is 7.89. The van der Waals surface area contributed by atoms with Gasteiger partial charge >= 0.3 is 5.97 Å². The van der Waals surface area contributed by atoms with Gasteiger partial charge in [0.2, 0.25) is 10.0 Å². The topological polar surface area (TPSA) is 92.7 Å². The summed E-state index contributed by atoms with van der Waals surface area (Å²) in [6.07, 6.45) is 4.97. The molecule has 0 bridgehead atoms. The lowest BCUT2D eigenvalue weighted by Crippen LogP contribution is -2.31. The van der Waals surface area contributed by atoms with Crippen molar-refractivity contribution in [1.29, 1.82) is 0 Å². The van der Waals surface area contributed by atoms with E-state index in [0.717, 1.165) is 37.7 Å². The molecular weight excluding hydrogens is 390 g/mol. The Morgan fingerprint density at radius 3 is 2.55 bits per heavy atom. The number of sulfonamides is 1. The van der Waals surface area contributed by atoms with Gasteiger partial charge in [-0.1, -0.05) is 31.5 Å². The van der Waals surface area contributed by atoms with Crippen LogP contribution in [0.3, 0.4) is 0 Å². The van der Waals surface area contributed by atoms with E-state index in [1.807, 2.05) is 12.1 Å². The maximum absolute atomic E-state index is 12.6. The molecular formula is C22H27NO5S. The molecule has 0 saturated carbocycles. The van der Waals surface area contributed by atoms with Gasteiger partial charge in [-0.2, -0.15) is 0 Å². The minimum Gasteiger partial charge on any atom is -0.494 e. The van der Waals surface area contributed by atoms with Crippen LogP contribution >= 0.6 is 0 Å². The van der Waals surface area contributed by atoms with Crippen LogP contribution in [0.1, 0.15) is 48.8 Å². The summed E-state index contributed by atoms with van der Waals surface area (Å²) in [5.74, 6) is -1.38. The molecule has 1 aliphatic rings. The van der Waals surface area contributed by atoms with Crippen molar-refractivity contribution in [3.63, 3.8) is 0 Å². The summed E-state index contributed by atoms with van der Waals surface area (Å²) in [5, 5.41) is 9.63. The van der Waals surface area contributed by atoms with Crippen molar-refractivity contribution in [3.8, 4) is 5.75 Å². The van der Waals surface area contributed by atoms with Crippen LogP contribution in [0.4, 0.5) is 0 Å². The summed E-state index contributed by atoms with van der Waals surface area (Å²) in [4.78, 5) is 11.9. The number of aliphatic carboxylic acids is 1. The molecule has 0 spiro atoms. The van der Waals surface area contributed by atoms with E-state index >= 15 is 0 Å². The van der Waals surface area contributed by atoms with Crippen LogP contribution in [0.25, 0.3) is 0 Å². The van der Waals surface area contributed by atoms with Crippen LogP contribution in [0.15, 0.2) is 47.4 Å². The summed E-state index contributed by atoms with van der Waals surface area (Å²) in [6, 6.07) is 11.8. The molecule has 6 nitrogen and oxygen atoms in total. The lowest BCUT2D eigenvalue weighted by atomic mass is 9.96. The van der Waals surface area contributed by atoms with Crippen molar-refractivity contribution < 1.29 is 23.1 Å². The third-order valence-corrected chi connectivity index (χ3v) is 6.64. The summed E-state index contributed by atoms with van der Waals surface area (Å²) >= 11 is 0. The summed E-state index contributed by atoms with van der Waals surface area (Å²) < 4.78 is 33.2. The smallest absolute Gasteiger partial charge is 0.312 e. The predicted octanol–water partition coefficient (Wildman–Crippen LogP) is 3.50. The minimum atomic E-state index is -3.82. The average Bonchev–Trinajstić information content (AvgIpc) is 3.16. The predicted molar refractivity (Wildman–Crippen MR) is 111 cm³/mol. The zero-order chi connectivity index (χ0) is 20.9. The van der Waals surface area contributed by atoms with Crippen LogP contribution in [0.5, 0.6) is 5.75 Å². The minimum absolute atomic E-state index is 0.0819. The molecule has 0 amide bonds.